The molecule has 4 heteroatoms. The Bertz CT molecular complexity index is 740. The minimum absolute atomic E-state index is 0.590. The van der Waals surface area contributed by atoms with Crippen molar-refractivity contribution in [2.45, 2.75) is 43.6 Å². The van der Waals surface area contributed by atoms with Crippen LogP contribution in [-0.4, -0.2) is 14.8 Å². The summed E-state index contributed by atoms with van der Waals surface area (Å²) in [4.78, 5) is 0. The fourth-order valence-electron chi connectivity index (χ4n) is 4.16. The Morgan fingerprint density at radius 1 is 1.15 bits per heavy atom. The summed E-state index contributed by atoms with van der Waals surface area (Å²) in [7, 11) is 0. The fraction of sp³-hybridized carbons (Fsp3) is 0.500. The van der Waals surface area contributed by atoms with Crippen molar-refractivity contribution in [2.75, 3.05) is 0 Å². The van der Waals surface area contributed by atoms with Crippen LogP contribution >= 0.6 is 12.2 Å². The third kappa shape index (κ3) is 1.46. The molecule has 0 radical (unpaired) electrons. The predicted molar refractivity (Wildman–Crippen MR) is 79.4 cm³/mol. The lowest BCUT2D eigenvalue weighted by molar-refractivity contribution is 0.628. The SMILES string of the molecule is S=c1[nH]nc(C2C3CCc4ccccc4C32)n1C1CC1. The summed E-state index contributed by atoms with van der Waals surface area (Å²) in [6.07, 6.45) is 5.05. The van der Waals surface area contributed by atoms with Gasteiger partial charge in [0.25, 0.3) is 0 Å². The van der Waals surface area contributed by atoms with Gasteiger partial charge in [-0.05, 0) is 60.9 Å². The van der Waals surface area contributed by atoms with E-state index in [2.05, 4.69) is 39.0 Å². The van der Waals surface area contributed by atoms with E-state index in [4.69, 9.17) is 12.2 Å². The van der Waals surface area contributed by atoms with Gasteiger partial charge in [0.05, 0.1) is 0 Å². The van der Waals surface area contributed by atoms with Gasteiger partial charge in [-0.2, -0.15) is 5.10 Å². The van der Waals surface area contributed by atoms with E-state index in [9.17, 15) is 0 Å². The highest BCUT2D eigenvalue weighted by Crippen LogP contribution is 2.65. The molecule has 3 aliphatic rings. The van der Waals surface area contributed by atoms with Crippen LogP contribution in [0.1, 0.15) is 54.1 Å². The van der Waals surface area contributed by atoms with Gasteiger partial charge < -0.3 is 4.57 Å². The molecule has 0 saturated heterocycles. The second-order valence-corrected chi connectivity index (χ2v) is 6.83. The molecule has 3 unspecified atom stereocenters. The first-order valence-corrected chi connectivity index (χ1v) is 8.00. The Morgan fingerprint density at radius 2 is 2.00 bits per heavy atom. The molecule has 102 valence electrons. The Labute approximate surface area is 123 Å². The second-order valence-electron chi connectivity index (χ2n) is 6.44. The first kappa shape index (κ1) is 11.3. The topological polar surface area (TPSA) is 33.6 Å². The maximum atomic E-state index is 5.42. The van der Waals surface area contributed by atoms with Crippen molar-refractivity contribution in [1.82, 2.24) is 14.8 Å². The van der Waals surface area contributed by atoms with Crippen LogP contribution in [0.5, 0.6) is 0 Å². The molecule has 5 rings (SSSR count). The summed E-state index contributed by atoms with van der Waals surface area (Å²) < 4.78 is 3.13. The van der Waals surface area contributed by atoms with E-state index in [0.29, 0.717) is 17.9 Å². The largest absolute Gasteiger partial charge is 0.301 e. The van der Waals surface area contributed by atoms with Crippen molar-refractivity contribution in [3.63, 3.8) is 0 Å². The van der Waals surface area contributed by atoms with Crippen molar-refractivity contribution in [2.24, 2.45) is 5.92 Å². The van der Waals surface area contributed by atoms with Gasteiger partial charge in [-0.25, -0.2) is 0 Å². The zero-order valence-corrected chi connectivity index (χ0v) is 12.1. The van der Waals surface area contributed by atoms with Crippen LogP contribution < -0.4 is 0 Å². The number of aryl methyl sites for hydroxylation is 1. The van der Waals surface area contributed by atoms with E-state index in [1.807, 2.05) is 0 Å². The molecule has 0 spiro atoms. The summed E-state index contributed by atoms with van der Waals surface area (Å²) in [6, 6.07) is 9.56. The second kappa shape index (κ2) is 3.82. The Kier molecular flexibility index (Phi) is 2.15. The number of benzene rings is 1. The van der Waals surface area contributed by atoms with E-state index in [0.717, 1.165) is 10.7 Å². The summed E-state index contributed by atoms with van der Waals surface area (Å²) in [5.41, 5.74) is 3.10. The van der Waals surface area contributed by atoms with E-state index >= 15 is 0 Å². The average Bonchev–Trinajstić information content (AvgIpc) is 3.38. The number of H-pyrrole nitrogens is 1. The van der Waals surface area contributed by atoms with E-state index in [-0.39, 0.29) is 0 Å². The molecule has 2 saturated carbocycles. The Balaban J connectivity index is 1.58. The van der Waals surface area contributed by atoms with Gasteiger partial charge in [0.2, 0.25) is 0 Å². The summed E-state index contributed by atoms with van der Waals surface area (Å²) in [5, 5.41) is 7.61. The maximum absolute atomic E-state index is 5.42. The summed E-state index contributed by atoms with van der Waals surface area (Å²) >= 11 is 5.42. The molecule has 3 atom stereocenters. The number of rotatable bonds is 2. The van der Waals surface area contributed by atoms with Crippen LogP contribution in [0.25, 0.3) is 0 Å². The van der Waals surface area contributed by atoms with Gasteiger partial charge in [0.1, 0.15) is 5.82 Å². The Morgan fingerprint density at radius 3 is 2.85 bits per heavy atom. The highest BCUT2D eigenvalue weighted by atomic mass is 32.1. The van der Waals surface area contributed by atoms with Crippen LogP contribution in [-0.2, 0) is 6.42 Å². The molecule has 1 N–H and O–H groups in total. The van der Waals surface area contributed by atoms with E-state index in [1.165, 1.54) is 31.5 Å². The third-order valence-electron chi connectivity index (χ3n) is 5.27. The molecule has 0 aliphatic heterocycles. The van der Waals surface area contributed by atoms with Crippen LogP contribution in [0.4, 0.5) is 0 Å². The lowest BCUT2D eigenvalue weighted by atomic mass is 9.92. The van der Waals surface area contributed by atoms with Crippen LogP contribution in [0, 0.1) is 10.7 Å². The molecule has 0 bridgehead atoms. The summed E-state index contributed by atoms with van der Waals surface area (Å²) in [6.45, 7) is 0. The molecule has 1 aromatic heterocycles. The molecule has 3 aliphatic carbocycles. The number of fused-ring (bicyclic) bond motifs is 3. The van der Waals surface area contributed by atoms with Crippen LogP contribution in [0.3, 0.4) is 0 Å². The number of hydrogen-bond acceptors (Lipinski definition) is 2. The zero-order valence-electron chi connectivity index (χ0n) is 11.2. The highest BCUT2D eigenvalue weighted by molar-refractivity contribution is 7.71. The average molecular weight is 283 g/mol. The van der Waals surface area contributed by atoms with Crippen molar-refractivity contribution in [1.29, 1.82) is 0 Å². The Hall–Kier alpha value is -1.42. The van der Waals surface area contributed by atoms with Crippen molar-refractivity contribution >= 4 is 12.2 Å². The molecule has 1 aromatic carbocycles. The monoisotopic (exact) mass is 283 g/mol. The predicted octanol–water partition coefficient (Wildman–Crippen LogP) is 3.72. The van der Waals surface area contributed by atoms with Gasteiger partial charge in [0.15, 0.2) is 4.77 Å². The van der Waals surface area contributed by atoms with E-state index in [1.54, 1.807) is 11.1 Å². The van der Waals surface area contributed by atoms with Crippen LogP contribution in [0.2, 0.25) is 0 Å². The van der Waals surface area contributed by atoms with Crippen LogP contribution in [0.15, 0.2) is 24.3 Å². The quantitative estimate of drug-likeness (QED) is 0.852. The lowest BCUT2D eigenvalue weighted by Gasteiger charge is -2.13. The normalized spacial score (nSPS) is 30.7. The first-order chi connectivity index (χ1) is 9.84. The van der Waals surface area contributed by atoms with Gasteiger partial charge in [-0.3, -0.25) is 5.10 Å². The van der Waals surface area contributed by atoms with Crippen molar-refractivity contribution in [3.8, 4) is 0 Å². The first-order valence-electron chi connectivity index (χ1n) is 7.59. The highest BCUT2D eigenvalue weighted by Gasteiger charge is 2.56. The van der Waals surface area contributed by atoms with Gasteiger partial charge in [-0.15, -0.1) is 0 Å². The van der Waals surface area contributed by atoms with Gasteiger partial charge >= 0.3 is 0 Å². The number of nitrogens with zero attached hydrogens (tertiary/aromatic N) is 2. The van der Waals surface area contributed by atoms with Crippen molar-refractivity contribution in [3.05, 3.63) is 46.0 Å². The molecule has 20 heavy (non-hydrogen) atoms. The third-order valence-corrected chi connectivity index (χ3v) is 5.56. The fourth-order valence-corrected chi connectivity index (χ4v) is 4.44. The van der Waals surface area contributed by atoms with Gasteiger partial charge in [0, 0.05) is 12.0 Å². The lowest BCUT2D eigenvalue weighted by Crippen LogP contribution is -2.01. The van der Waals surface area contributed by atoms with E-state index < -0.39 is 0 Å². The number of aromatic amines is 1. The molecule has 1 heterocycles. The number of hydrogen-bond donors (Lipinski definition) is 1. The summed E-state index contributed by atoms with van der Waals surface area (Å²) in [5.74, 6) is 3.28. The molecule has 2 fully saturated rings. The molecular weight excluding hydrogens is 266 g/mol. The molecule has 3 nitrogen and oxygen atoms in total. The smallest absolute Gasteiger partial charge is 0.195 e. The molecule has 0 amide bonds. The minimum atomic E-state index is 0.590. The van der Waals surface area contributed by atoms with Gasteiger partial charge in [-0.1, -0.05) is 24.3 Å². The van der Waals surface area contributed by atoms with Crippen molar-refractivity contribution < 1.29 is 0 Å². The minimum Gasteiger partial charge on any atom is -0.301 e. The number of nitrogens with one attached hydrogen (secondary N) is 1. The zero-order chi connectivity index (χ0) is 13.3. The number of aromatic nitrogens is 3. The molecular formula is C16H17N3S. The maximum Gasteiger partial charge on any atom is 0.195 e. The molecule has 2 aromatic rings. The standard InChI is InChI=1S/C16H17N3S/c20-16-18-17-15(19(16)10-6-7-10)14-12-8-5-9-3-1-2-4-11(9)13(12)14/h1-4,10,12-14H,5-8H2,(H,18,20).